The van der Waals surface area contributed by atoms with Gasteiger partial charge in [-0.05, 0) is 50.1 Å². The normalized spacial score (nSPS) is 18.4. The van der Waals surface area contributed by atoms with Gasteiger partial charge in [0, 0.05) is 52.2 Å². The number of Topliss-reactive ketones (excluding diaryl/α,β-unsaturated/α-hetero) is 1. The van der Waals surface area contributed by atoms with Crippen LogP contribution in [0.1, 0.15) is 41.9 Å². The predicted octanol–water partition coefficient (Wildman–Crippen LogP) is 6.48. The summed E-state index contributed by atoms with van der Waals surface area (Å²) in [6, 6.07) is 18.4. The smallest absolute Gasteiger partial charge is 0.269 e. The number of nitro benzene ring substituents is 1. The third-order valence-corrected chi connectivity index (χ3v) is 7.40. The van der Waals surface area contributed by atoms with E-state index < -0.39 is 10.8 Å². The minimum atomic E-state index is -0.809. The summed E-state index contributed by atoms with van der Waals surface area (Å²) in [5, 5.41) is 32.5. The number of nitrogens with one attached hydrogen (secondary N) is 1. The number of ketones is 1. The van der Waals surface area contributed by atoms with Gasteiger partial charge in [-0.3, -0.25) is 25.2 Å². The number of amidine groups is 1. The lowest BCUT2D eigenvalue weighted by Gasteiger charge is -2.42. The third kappa shape index (κ3) is 4.59. The predicted molar refractivity (Wildman–Crippen MR) is 152 cm³/mol. The van der Waals surface area contributed by atoms with Crippen LogP contribution in [0.15, 0.2) is 83.6 Å². The minimum absolute atomic E-state index is 0.0322. The molecule has 0 saturated carbocycles. The van der Waals surface area contributed by atoms with Gasteiger partial charge >= 0.3 is 0 Å². The molecule has 0 amide bonds. The molecule has 204 valence electrons. The fraction of sp³-hybridized carbons (Fsp3) is 0.226. The molecule has 2 aliphatic rings. The summed E-state index contributed by atoms with van der Waals surface area (Å²) >= 11 is 0. The zero-order chi connectivity index (χ0) is 28.6. The van der Waals surface area contributed by atoms with Crippen molar-refractivity contribution in [1.29, 1.82) is 5.41 Å². The van der Waals surface area contributed by atoms with Gasteiger partial charge < -0.3 is 14.6 Å². The van der Waals surface area contributed by atoms with Crippen molar-refractivity contribution in [2.45, 2.75) is 32.1 Å². The molecule has 1 heterocycles. The largest absolute Gasteiger partial charge is 0.507 e. The second kappa shape index (κ2) is 10.7. The van der Waals surface area contributed by atoms with E-state index in [-0.39, 0.29) is 28.6 Å². The summed E-state index contributed by atoms with van der Waals surface area (Å²) in [7, 11) is 3.08. The van der Waals surface area contributed by atoms with Crippen molar-refractivity contribution in [3.05, 3.63) is 110 Å². The van der Waals surface area contributed by atoms with Gasteiger partial charge in [-0.15, -0.1) is 0 Å². The van der Waals surface area contributed by atoms with Gasteiger partial charge in [0.1, 0.15) is 23.1 Å². The molecular formula is C31H29N3O6. The van der Waals surface area contributed by atoms with Crippen LogP contribution in [0.5, 0.6) is 11.5 Å². The highest BCUT2D eigenvalue weighted by Gasteiger charge is 2.44. The summed E-state index contributed by atoms with van der Waals surface area (Å²) in [5.74, 6) is -0.0471. The lowest BCUT2D eigenvalue weighted by molar-refractivity contribution is -0.384. The Morgan fingerprint density at radius 2 is 1.73 bits per heavy atom. The van der Waals surface area contributed by atoms with Gasteiger partial charge in [-0.25, -0.2) is 0 Å². The molecule has 1 aliphatic carbocycles. The first-order chi connectivity index (χ1) is 19.2. The van der Waals surface area contributed by atoms with Crippen molar-refractivity contribution in [2.75, 3.05) is 19.1 Å². The number of nitro groups is 1. The molecule has 5 rings (SSSR count). The summed E-state index contributed by atoms with van der Waals surface area (Å²) < 4.78 is 11.2. The van der Waals surface area contributed by atoms with E-state index in [0.717, 1.165) is 5.56 Å². The second-order valence-electron chi connectivity index (χ2n) is 9.76. The Bertz CT molecular complexity index is 1570. The number of carbonyl (C=O) groups excluding carboxylic acids is 1. The molecule has 9 nitrogen and oxygen atoms in total. The number of nitrogens with zero attached hydrogens (tertiary/aromatic N) is 2. The Labute approximate surface area is 231 Å². The molecule has 0 spiro atoms. The Balaban J connectivity index is 1.84. The number of hydrogen-bond donors (Lipinski definition) is 2. The average Bonchev–Trinajstić information content (AvgIpc) is 2.96. The first-order valence-electron chi connectivity index (χ1n) is 12.9. The Kier molecular flexibility index (Phi) is 7.13. The Morgan fingerprint density at radius 1 is 1.02 bits per heavy atom. The number of aliphatic hydroxyl groups is 1. The highest BCUT2D eigenvalue weighted by molar-refractivity contribution is 6.19. The molecular weight excluding hydrogens is 510 g/mol. The number of anilines is 1. The van der Waals surface area contributed by atoms with Gasteiger partial charge in [0.25, 0.3) is 5.69 Å². The van der Waals surface area contributed by atoms with Crippen LogP contribution < -0.4 is 14.4 Å². The Hall–Kier alpha value is -4.92. The summed E-state index contributed by atoms with van der Waals surface area (Å²) in [6.45, 7) is 1.94. The van der Waals surface area contributed by atoms with Crippen LogP contribution in [0.3, 0.4) is 0 Å². The zero-order valence-electron chi connectivity index (χ0n) is 22.4. The quantitative estimate of drug-likeness (QED) is 0.209. The van der Waals surface area contributed by atoms with E-state index in [0.29, 0.717) is 58.8 Å². The van der Waals surface area contributed by atoms with E-state index in [1.54, 1.807) is 54.5 Å². The number of aryl methyl sites for hydroxylation is 1. The number of ether oxygens (including phenoxy) is 2. The molecule has 0 bridgehead atoms. The Morgan fingerprint density at radius 3 is 2.35 bits per heavy atom. The first kappa shape index (κ1) is 26.7. The third-order valence-electron chi connectivity index (χ3n) is 7.40. The number of hydrogen-bond acceptors (Lipinski definition) is 7. The number of benzene rings is 3. The number of aliphatic hydroxyl groups excluding tert-OH is 1. The molecule has 9 heteroatoms. The van der Waals surface area contributed by atoms with Crippen molar-refractivity contribution < 1.29 is 24.3 Å². The van der Waals surface area contributed by atoms with Crippen LogP contribution >= 0.6 is 0 Å². The van der Waals surface area contributed by atoms with Crippen LogP contribution in [0.4, 0.5) is 11.4 Å². The van der Waals surface area contributed by atoms with Crippen molar-refractivity contribution in [3.63, 3.8) is 0 Å². The zero-order valence-corrected chi connectivity index (χ0v) is 22.4. The topological polar surface area (TPSA) is 126 Å². The molecule has 40 heavy (non-hydrogen) atoms. The first-order valence-corrected chi connectivity index (χ1v) is 12.9. The second-order valence-corrected chi connectivity index (χ2v) is 9.76. The van der Waals surface area contributed by atoms with Crippen LogP contribution in [0.2, 0.25) is 0 Å². The molecule has 0 radical (unpaired) electrons. The monoisotopic (exact) mass is 539 g/mol. The lowest BCUT2D eigenvalue weighted by atomic mass is 9.73. The molecule has 0 fully saturated rings. The summed E-state index contributed by atoms with van der Waals surface area (Å²) in [4.78, 5) is 26.2. The van der Waals surface area contributed by atoms with E-state index in [1.807, 2.05) is 19.1 Å². The maximum Gasteiger partial charge on any atom is 0.269 e. The molecule has 0 unspecified atom stereocenters. The average molecular weight is 540 g/mol. The summed E-state index contributed by atoms with van der Waals surface area (Å²) in [5.41, 5.74) is 3.81. The molecule has 3 aromatic rings. The number of allylic oxidation sites excluding steroid dienone is 2. The van der Waals surface area contributed by atoms with Gasteiger partial charge in [0.05, 0.1) is 25.1 Å². The highest BCUT2D eigenvalue weighted by Crippen LogP contribution is 2.50. The van der Waals surface area contributed by atoms with Crippen LogP contribution in [0, 0.1) is 22.4 Å². The number of carbonyl (C=O) groups is 1. The van der Waals surface area contributed by atoms with Crippen molar-refractivity contribution >= 4 is 28.8 Å². The molecule has 0 aromatic heterocycles. The van der Waals surface area contributed by atoms with Gasteiger partial charge in [-0.2, -0.15) is 0 Å². The summed E-state index contributed by atoms with van der Waals surface area (Å²) in [6.07, 6.45) is 1.43. The number of methoxy groups -OCH3 is 2. The molecule has 3 aromatic carbocycles. The van der Waals surface area contributed by atoms with Crippen molar-refractivity contribution in [1.82, 2.24) is 0 Å². The van der Waals surface area contributed by atoms with Crippen molar-refractivity contribution in [2.24, 2.45) is 0 Å². The van der Waals surface area contributed by atoms with E-state index in [2.05, 4.69) is 0 Å². The van der Waals surface area contributed by atoms with Gasteiger partial charge in [-0.1, -0.05) is 29.8 Å². The SMILES string of the molecule is COc1ccc(OC)c([C@@H]2C(=C(O)c3ccc(C)cc3)C(=N)N(c3ccc([N+](=O)[O-])cc3)C3=C2C(=O)CCC3)c1. The van der Waals surface area contributed by atoms with E-state index in [1.165, 1.54) is 19.2 Å². The molecule has 2 N–H and O–H groups in total. The number of non-ortho nitro benzene ring substituents is 1. The molecule has 1 aliphatic heterocycles. The fourth-order valence-corrected chi connectivity index (χ4v) is 5.44. The van der Waals surface area contributed by atoms with Gasteiger partial charge in [0.2, 0.25) is 0 Å². The van der Waals surface area contributed by atoms with E-state index in [4.69, 9.17) is 9.47 Å². The molecule has 0 saturated heterocycles. The number of rotatable bonds is 6. The van der Waals surface area contributed by atoms with E-state index >= 15 is 0 Å². The van der Waals surface area contributed by atoms with Crippen molar-refractivity contribution in [3.8, 4) is 11.5 Å². The van der Waals surface area contributed by atoms with Gasteiger partial charge in [0.15, 0.2) is 5.78 Å². The van der Waals surface area contributed by atoms with Crippen LogP contribution in [-0.4, -0.2) is 35.9 Å². The minimum Gasteiger partial charge on any atom is -0.507 e. The van der Waals surface area contributed by atoms with Crippen LogP contribution in [0.25, 0.3) is 5.76 Å². The lowest BCUT2D eigenvalue weighted by Crippen LogP contribution is -2.42. The fourth-order valence-electron chi connectivity index (χ4n) is 5.44. The maximum absolute atomic E-state index is 13.7. The maximum atomic E-state index is 13.7. The van der Waals surface area contributed by atoms with Crippen LogP contribution in [-0.2, 0) is 4.79 Å². The standard InChI is InChI=1S/C31H29N3O6/c1-18-7-9-19(10-8-18)30(36)29-27(23-17-22(39-2)15-16-26(23)40-3)28-24(5-4-6-25(28)35)33(31(29)32)20-11-13-21(14-12-20)34(37)38/h7-17,27,32,36H,4-6H2,1-3H3/t27-/m0/s1. The van der Waals surface area contributed by atoms with E-state index in [9.17, 15) is 25.4 Å². The molecule has 1 atom stereocenters. The highest BCUT2D eigenvalue weighted by atomic mass is 16.6.